The lowest BCUT2D eigenvalue weighted by Gasteiger charge is -2.10. The molecule has 0 aliphatic heterocycles. The van der Waals surface area contributed by atoms with Crippen LogP contribution in [0.1, 0.15) is 18.1 Å². The molecule has 2 aromatic heterocycles. The number of aryl methyl sites for hydroxylation is 2. The SMILES string of the molecule is CCn1cc2nc(SC)n(Cc3ccc(C)cc3)c(=O)c2n1. The fourth-order valence-corrected chi connectivity index (χ4v) is 2.91. The Morgan fingerprint density at radius 1 is 1.23 bits per heavy atom. The van der Waals surface area contributed by atoms with Crippen LogP contribution in [0.5, 0.6) is 0 Å². The fourth-order valence-electron chi connectivity index (χ4n) is 2.36. The van der Waals surface area contributed by atoms with Crippen LogP contribution in [0.2, 0.25) is 0 Å². The van der Waals surface area contributed by atoms with Gasteiger partial charge in [-0.1, -0.05) is 41.6 Å². The molecule has 0 aliphatic carbocycles. The molecule has 0 saturated heterocycles. The van der Waals surface area contributed by atoms with Crippen LogP contribution in [0.4, 0.5) is 0 Å². The predicted molar refractivity (Wildman–Crippen MR) is 89.5 cm³/mol. The van der Waals surface area contributed by atoms with Gasteiger partial charge in [-0.05, 0) is 25.7 Å². The molecule has 0 atom stereocenters. The molecule has 22 heavy (non-hydrogen) atoms. The van der Waals surface area contributed by atoms with Crippen LogP contribution in [0.3, 0.4) is 0 Å². The maximum Gasteiger partial charge on any atom is 0.282 e. The van der Waals surface area contributed by atoms with Gasteiger partial charge in [0.25, 0.3) is 5.56 Å². The van der Waals surface area contributed by atoms with Gasteiger partial charge in [0.2, 0.25) is 0 Å². The molecular weight excluding hydrogens is 296 g/mol. The molecule has 0 aliphatic rings. The van der Waals surface area contributed by atoms with Crippen LogP contribution in [0, 0.1) is 6.92 Å². The van der Waals surface area contributed by atoms with Crippen molar-refractivity contribution < 1.29 is 0 Å². The van der Waals surface area contributed by atoms with Crippen molar-refractivity contribution in [2.75, 3.05) is 6.26 Å². The molecule has 1 aromatic carbocycles. The second-order valence-electron chi connectivity index (χ2n) is 5.19. The highest BCUT2D eigenvalue weighted by Crippen LogP contribution is 2.16. The van der Waals surface area contributed by atoms with Crippen LogP contribution >= 0.6 is 11.8 Å². The Hall–Kier alpha value is -2.08. The molecule has 0 saturated carbocycles. The molecular formula is C16H18N4OS. The van der Waals surface area contributed by atoms with E-state index in [2.05, 4.69) is 22.2 Å². The van der Waals surface area contributed by atoms with Gasteiger partial charge >= 0.3 is 0 Å². The normalized spacial score (nSPS) is 11.2. The Labute approximate surface area is 133 Å². The van der Waals surface area contributed by atoms with E-state index in [1.165, 1.54) is 17.3 Å². The zero-order valence-corrected chi connectivity index (χ0v) is 13.7. The summed E-state index contributed by atoms with van der Waals surface area (Å²) in [7, 11) is 0. The van der Waals surface area contributed by atoms with Crippen LogP contribution in [0.15, 0.2) is 40.4 Å². The number of hydrogen-bond acceptors (Lipinski definition) is 4. The third kappa shape index (κ3) is 2.66. The quantitative estimate of drug-likeness (QED) is 0.549. The third-order valence-electron chi connectivity index (χ3n) is 3.60. The highest BCUT2D eigenvalue weighted by molar-refractivity contribution is 7.98. The number of thioether (sulfide) groups is 1. The fraction of sp³-hybridized carbons (Fsp3) is 0.312. The Kier molecular flexibility index (Phi) is 4.02. The molecule has 3 aromatic rings. The topological polar surface area (TPSA) is 52.7 Å². The van der Waals surface area contributed by atoms with Gasteiger partial charge in [-0.25, -0.2) is 4.98 Å². The lowest BCUT2D eigenvalue weighted by molar-refractivity contribution is 0.650. The molecule has 2 heterocycles. The maximum absolute atomic E-state index is 12.7. The molecule has 0 bridgehead atoms. The van der Waals surface area contributed by atoms with E-state index in [-0.39, 0.29) is 5.56 Å². The molecule has 0 unspecified atom stereocenters. The molecule has 0 fully saturated rings. The van der Waals surface area contributed by atoms with E-state index in [0.29, 0.717) is 22.7 Å². The first kappa shape index (κ1) is 14.8. The minimum absolute atomic E-state index is 0.0814. The first-order chi connectivity index (χ1) is 10.6. The molecule has 5 nitrogen and oxygen atoms in total. The number of fused-ring (bicyclic) bond motifs is 1. The molecule has 114 valence electrons. The van der Waals surface area contributed by atoms with Gasteiger partial charge in [-0.15, -0.1) is 0 Å². The van der Waals surface area contributed by atoms with Crippen LogP contribution in [0.25, 0.3) is 11.0 Å². The highest BCUT2D eigenvalue weighted by atomic mass is 32.2. The summed E-state index contributed by atoms with van der Waals surface area (Å²) in [5.74, 6) is 0. The second-order valence-corrected chi connectivity index (χ2v) is 5.97. The van der Waals surface area contributed by atoms with E-state index >= 15 is 0 Å². The van der Waals surface area contributed by atoms with E-state index in [1.807, 2.05) is 38.4 Å². The summed E-state index contributed by atoms with van der Waals surface area (Å²) in [6.07, 6.45) is 3.76. The molecule has 0 N–H and O–H groups in total. The highest BCUT2D eigenvalue weighted by Gasteiger charge is 2.14. The Balaban J connectivity index is 2.12. The summed E-state index contributed by atoms with van der Waals surface area (Å²) < 4.78 is 3.45. The summed E-state index contributed by atoms with van der Waals surface area (Å²) in [4.78, 5) is 17.3. The average Bonchev–Trinajstić information content (AvgIpc) is 2.95. The van der Waals surface area contributed by atoms with Crippen molar-refractivity contribution in [1.82, 2.24) is 19.3 Å². The summed E-state index contributed by atoms with van der Waals surface area (Å²) >= 11 is 1.48. The first-order valence-corrected chi connectivity index (χ1v) is 8.42. The number of benzene rings is 1. The summed E-state index contributed by atoms with van der Waals surface area (Å²) in [6, 6.07) is 8.19. The molecule has 0 amide bonds. The van der Waals surface area contributed by atoms with Crippen molar-refractivity contribution in [2.45, 2.75) is 32.1 Å². The minimum atomic E-state index is -0.0814. The van der Waals surface area contributed by atoms with Gasteiger partial charge in [0, 0.05) is 6.54 Å². The van der Waals surface area contributed by atoms with Crippen molar-refractivity contribution in [2.24, 2.45) is 0 Å². The third-order valence-corrected chi connectivity index (χ3v) is 4.28. The number of rotatable bonds is 4. The zero-order chi connectivity index (χ0) is 15.7. The van der Waals surface area contributed by atoms with Crippen LogP contribution in [-0.4, -0.2) is 25.6 Å². The monoisotopic (exact) mass is 314 g/mol. The average molecular weight is 314 g/mol. The van der Waals surface area contributed by atoms with Gasteiger partial charge in [0.1, 0.15) is 5.52 Å². The number of aromatic nitrogens is 4. The maximum atomic E-state index is 12.7. The predicted octanol–water partition coefficient (Wildman–Crippen LogP) is 2.69. The minimum Gasteiger partial charge on any atom is -0.281 e. The summed E-state index contributed by atoms with van der Waals surface area (Å²) in [6.45, 7) is 5.28. The first-order valence-electron chi connectivity index (χ1n) is 7.20. The van der Waals surface area contributed by atoms with Crippen molar-refractivity contribution in [1.29, 1.82) is 0 Å². The van der Waals surface area contributed by atoms with Crippen LogP contribution in [-0.2, 0) is 13.1 Å². The van der Waals surface area contributed by atoms with Gasteiger partial charge in [0.15, 0.2) is 10.7 Å². The lowest BCUT2D eigenvalue weighted by atomic mass is 10.1. The Morgan fingerprint density at radius 3 is 2.59 bits per heavy atom. The molecule has 3 rings (SSSR count). The molecule has 0 radical (unpaired) electrons. The van der Waals surface area contributed by atoms with Gasteiger partial charge in [-0.3, -0.25) is 14.0 Å². The van der Waals surface area contributed by atoms with Gasteiger partial charge < -0.3 is 0 Å². The van der Waals surface area contributed by atoms with Crippen molar-refractivity contribution in [3.8, 4) is 0 Å². The summed E-state index contributed by atoms with van der Waals surface area (Å²) in [5, 5.41) is 5.05. The van der Waals surface area contributed by atoms with Crippen molar-refractivity contribution in [3.63, 3.8) is 0 Å². The number of hydrogen-bond donors (Lipinski definition) is 0. The largest absolute Gasteiger partial charge is 0.282 e. The Morgan fingerprint density at radius 2 is 1.95 bits per heavy atom. The lowest BCUT2D eigenvalue weighted by Crippen LogP contribution is -2.24. The molecule has 0 spiro atoms. The smallest absolute Gasteiger partial charge is 0.281 e. The van der Waals surface area contributed by atoms with Gasteiger partial charge in [-0.2, -0.15) is 5.10 Å². The van der Waals surface area contributed by atoms with E-state index in [1.54, 1.807) is 9.25 Å². The van der Waals surface area contributed by atoms with E-state index in [9.17, 15) is 4.79 Å². The summed E-state index contributed by atoms with van der Waals surface area (Å²) in [5.41, 5.74) is 3.31. The number of nitrogens with zero attached hydrogens (tertiary/aromatic N) is 4. The van der Waals surface area contributed by atoms with E-state index in [4.69, 9.17) is 0 Å². The van der Waals surface area contributed by atoms with Crippen molar-refractivity contribution in [3.05, 3.63) is 51.9 Å². The van der Waals surface area contributed by atoms with Crippen LogP contribution < -0.4 is 5.56 Å². The standard InChI is InChI=1S/C16H18N4OS/c1-4-19-10-13-14(18-19)15(21)20(16(17-13)22-3)9-12-7-5-11(2)6-8-12/h5-8,10H,4,9H2,1-3H3. The van der Waals surface area contributed by atoms with Crippen molar-refractivity contribution >= 4 is 22.8 Å². The van der Waals surface area contributed by atoms with Gasteiger partial charge in [0.05, 0.1) is 12.7 Å². The van der Waals surface area contributed by atoms with E-state index < -0.39 is 0 Å². The molecule has 6 heteroatoms. The van der Waals surface area contributed by atoms with E-state index in [0.717, 1.165) is 12.1 Å². The Bertz CT molecular complexity index is 864. The zero-order valence-electron chi connectivity index (χ0n) is 12.9. The second kappa shape index (κ2) is 5.96.